The summed E-state index contributed by atoms with van der Waals surface area (Å²) in [5.74, 6) is -0.645. The van der Waals surface area contributed by atoms with Gasteiger partial charge in [-0.1, -0.05) is 60.7 Å². The van der Waals surface area contributed by atoms with Crippen LogP contribution in [0.3, 0.4) is 0 Å². The lowest BCUT2D eigenvalue weighted by Gasteiger charge is -2.22. The third-order valence-electron chi connectivity index (χ3n) is 5.23. The fourth-order valence-electron chi connectivity index (χ4n) is 3.74. The SMILES string of the molecule is O=C(O)CCC(Cc1ccccc1)NC(=O)NC[C@@H]1CCO[C@H]1c1ccccc1. The number of benzene rings is 2. The third-order valence-corrected chi connectivity index (χ3v) is 5.23. The minimum atomic E-state index is -0.862. The Morgan fingerprint density at radius 2 is 1.76 bits per heavy atom. The minimum absolute atomic E-state index is 0.0105. The molecule has 3 N–H and O–H groups in total. The predicted octanol–water partition coefficient (Wildman–Crippen LogP) is 3.54. The first kappa shape index (κ1) is 20.9. The van der Waals surface area contributed by atoms with E-state index in [2.05, 4.69) is 10.6 Å². The van der Waals surface area contributed by atoms with Crippen LogP contribution in [0.5, 0.6) is 0 Å². The van der Waals surface area contributed by atoms with Crippen molar-refractivity contribution in [3.05, 3.63) is 71.8 Å². The number of amides is 2. The highest BCUT2D eigenvalue weighted by atomic mass is 16.5. The lowest BCUT2D eigenvalue weighted by atomic mass is 9.95. The second-order valence-electron chi connectivity index (χ2n) is 7.42. The van der Waals surface area contributed by atoms with Crippen LogP contribution < -0.4 is 10.6 Å². The van der Waals surface area contributed by atoms with E-state index >= 15 is 0 Å². The highest BCUT2D eigenvalue weighted by molar-refractivity contribution is 5.74. The van der Waals surface area contributed by atoms with Crippen LogP contribution in [-0.4, -0.2) is 36.3 Å². The number of carbonyl (C=O) groups excluding carboxylic acids is 1. The number of hydrogen-bond donors (Lipinski definition) is 3. The van der Waals surface area contributed by atoms with Crippen LogP contribution in [0, 0.1) is 5.92 Å². The van der Waals surface area contributed by atoms with Gasteiger partial charge in [0, 0.05) is 31.5 Å². The van der Waals surface area contributed by atoms with E-state index in [9.17, 15) is 9.59 Å². The van der Waals surface area contributed by atoms with Crippen molar-refractivity contribution < 1.29 is 19.4 Å². The van der Waals surface area contributed by atoms with Crippen molar-refractivity contribution in [2.45, 2.75) is 37.8 Å². The Kier molecular flexibility index (Phi) is 7.64. The molecule has 0 radical (unpaired) electrons. The van der Waals surface area contributed by atoms with E-state index in [1.165, 1.54) is 0 Å². The van der Waals surface area contributed by atoms with Gasteiger partial charge in [0.15, 0.2) is 0 Å². The van der Waals surface area contributed by atoms with E-state index in [0.717, 1.165) is 17.5 Å². The molecule has 1 fully saturated rings. The molecule has 0 spiro atoms. The normalized spacial score (nSPS) is 19.4. The van der Waals surface area contributed by atoms with Gasteiger partial charge in [-0.3, -0.25) is 4.79 Å². The molecule has 3 atom stereocenters. The molecular formula is C23H28N2O4. The zero-order chi connectivity index (χ0) is 20.5. The first-order valence-corrected chi connectivity index (χ1v) is 10.1. The van der Waals surface area contributed by atoms with E-state index < -0.39 is 5.97 Å². The average Bonchev–Trinajstić information content (AvgIpc) is 3.20. The number of hydrogen-bond acceptors (Lipinski definition) is 3. The summed E-state index contributed by atoms with van der Waals surface area (Å²) in [7, 11) is 0. The summed E-state index contributed by atoms with van der Waals surface area (Å²) < 4.78 is 5.87. The van der Waals surface area contributed by atoms with Crippen LogP contribution in [0.15, 0.2) is 60.7 Å². The second-order valence-corrected chi connectivity index (χ2v) is 7.42. The molecule has 0 aliphatic carbocycles. The van der Waals surface area contributed by atoms with Crippen LogP contribution in [0.1, 0.15) is 36.5 Å². The van der Waals surface area contributed by atoms with Crippen LogP contribution in [0.4, 0.5) is 4.79 Å². The van der Waals surface area contributed by atoms with Crippen molar-refractivity contribution in [1.29, 1.82) is 0 Å². The summed E-state index contributed by atoms with van der Waals surface area (Å²) in [6.45, 7) is 1.20. The molecule has 2 amide bonds. The monoisotopic (exact) mass is 396 g/mol. The van der Waals surface area contributed by atoms with Gasteiger partial charge in [0.25, 0.3) is 0 Å². The molecule has 1 unspecified atom stereocenters. The van der Waals surface area contributed by atoms with Crippen LogP contribution >= 0.6 is 0 Å². The Morgan fingerprint density at radius 3 is 2.45 bits per heavy atom. The molecule has 0 aromatic heterocycles. The van der Waals surface area contributed by atoms with Gasteiger partial charge in [-0.15, -0.1) is 0 Å². The summed E-state index contributed by atoms with van der Waals surface area (Å²) in [5, 5.41) is 14.9. The van der Waals surface area contributed by atoms with Crippen molar-refractivity contribution in [2.24, 2.45) is 5.92 Å². The fraction of sp³-hybridized carbons (Fsp3) is 0.391. The molecular weight excluding hydrogens is 368 g/mol. The van der Waals surface area contributed by atoms with Crippen LogP contribution in [0.25, 0.3) is 0 Å². The maximum atomic E-state index is 12.5. The third kappa shape index (κ3) is 6.61. The maximum absolute atomic E-state index is 12.5. The molecule has 0 saturated carbocycles. The van der Waals surface area contributed by atoms with Crippen molar-refractivity contribution in [3.8, 4) is 0 Å². The van der Waals surface area contributed by atoms with Crippen molar-refractivity contribution in [2.75, 3.05) is 13.2 Å². The van der Waals surface area contributed by atoms with Crippen molar-refractivity contribution in [1.82, 2.24) is 10.6 Å². The minimum Gasteiger partial charge on any atom is -0.481 e. The van der Waals surface area contributed by atoms with Gasteiger partial charge in [-0.25, -0.2) is 4.79 Å². The van der Waals surface area contributed by atoms with Crippen molar-refractivity contribution >= 4 is 12.0 Å². The van der Waals surface area contributed by atoms with E-state index in [1.807, 2.05) is 60.7 Å². The average molecular weight is 396 g/mol. The van der Waals surface area contributed by atoms with E-state index in [-0.39, 0.29) is 30.5 Å². The van der Waals surface area contributed by atoms with Gasteiger partial charge in [0.05, 0.1) is 6.10 Å². The van der Waals surface area contributed by atoms with Crippen LogP contribution in [0.2, 0.25) is 0 Å². The first-order valence-electron chi connectivity index (χ1n) is 10.1. The molecule has 2 aromatic rings. The Bertz CT molecular complexity index is 782. The zero-order valence-electron chi connectivity index (χ0n) is 16.4. The Balaban J connectivity index is 1.53. The fourth-order valence-corrected chi connectivity index (χ4v) is 3.74. The van der Waals surface area contributed by atoms with Gasteiger partial charge >= 0.3 is 12.0 Å². The Hall–Kier alpha value is -2.86. The predicted molar refractivity (Wildman–Crippen MR) is 111 cm³/mol. The summed E-state index contributed by atoms with van der Waals surface area (Å²) in [6.07, 6.45) is 1.89. The highest BCUT2D eigenvalue weighted by Crippen LogP contribution is 2.33. The number of rotatable bonds is 9. The smallest absolute Gasteiger partial charge is 0.315 e. The number of aliphatic carboxylic acids is 1. The number of nitrogens with one attached hydrogen (secondary N) is 2. The van der Waals surface area contributed by atoms with Gasteiger partial charge in [-0.05, 0) is 30.4 Å². The molecule has 6 heteroatoms. The van der Waals surface area contributed by atoms with Gasteiger partial charge in [0.2, 0.25) is 0 Å². The van der Waals surface area contributed by atoms with E-state index in [1.54, 1.807) is 0 Å². The number of carboxylic acid groups (broad SMARTS) is 1. The van der Waals surface area contributed by atoms with E-state index in [4.69, 9.17) is 9.84 Å². The zero-order valence-corrected chi connectivity index (χ0v) is 16.4. The maximum Gasteiger partial charge on any atom is 0.315 e. The molecule has 29 heavy (non-hydrogen) atoms. The lowest BCUT2D eigenvalue weighted by molar-refractivity contribution is -0.137. The quantitative estimate of drug-likeness (QED) is 0.605. The molecule has 1 aliphatic rings. The number of urea groups is 1. The molecule has 3 rings (SSSR count). The van der Waals surface area contributed by atoms with Crippen molar-refractivity contribution in [3.63, 3.8) is 0 Å². The molecule has 0 bridgehead atoms. The molecule has 6 nitrogen and oxygen atoms in total. The van der Waals surface area contributed by atoms with Crippen LogP contribution in [-0.2, 0) is 16.0 Å². The molecule has 1 heterocycles. The molecule has 1 saturated heterocycles. The number of ether oxygens (including phenoxy) is 1. The summed E-state index contributed by atoms with van der Waals surface area (Å²) in [5.41, 5.74) is 2.19. The van der Waals surface area contributed by atoms with Gasteiger partial charge < -0.3 is 20.5 Å². The Morgan fingerprint density at radius 1 is 1.07 bits per heavy atom. The molecule has 2 aromatic carbocycles. The largest absolute Gasteiger partial charge is 0.481 e. The summed E-state index contributed by atoms with van der Waals surface area (Å²) in [6, 6.07) is 19.3. The second kappa shape index (κ2) is 10.6. The molecule has 1 aliphatic heterocycles. The summed E-state index contributed by atoms with van der Waals surface area (Å²) >= 11 is 0. The highest BCUT2D eigenvalue weighted by Gasteiger charge is 2.29. The van der Waals surface area contributed by atoms with Gasteiger partial charge in [0.1, 0.15) is 0 Å². The lowest BCUT2D eigenvalue weighted by Crippen LogP contribution is -2.45. The van der Waals surface area contributed by atoms with E-state index in [0.29, 0.717) is 26.0 Å². The number of carbonyl (C=O) groups is 2. The first-order chi connectivity index (χ1) is 14.1. The standard InChI is InChI=1S/C23H28N2O4/c26-21(27)12-11-20(15-17-7-3-1-4-8-17)25-23(28)24-16-19-13-14-29-22(19)18-9-5-2-6-10-18/h1-10,19-20,22H,11-16H2,(H,26,27)(H2,24,25,28)/t19-,20?,22-/m0/s1. The summed E-state index contributed by atoms with van der Waals surface area (Å²) in [4.78, 5) is 23.4. The Labute approximate surface area is 171 Å². The molecule has 154 valence electrons. The number of carboxylic acids is 1. The van der Waals surface area contributed by atoms with Gasteiger partial charge in [-0.2, -0.15) is 0 Å². The topological polar surface area (TPSA) is 87.7 Å².